The van der Waals surface area contributed by atoms with E-state index < -0.39 is 6.10 Å². The van der Waals surface area contributed by atoms with E-state index in [1.165, 1.54) is 17.5 Å². The first-order chi connectivity index (χ1) is 17.7. The van der Waals surface area contributed by atoms with E-state index >= 15 is 0 Å². The van der Waals surface area contributed by atoms with E-state index in [9.17, 15) is 14.7 Å². The molecular weight excluding hydrogens is 488 g/mol. The smallest absolute Gasteiger partial charge is 0.332 e. The van der Waals surface area contributed by atoms with Gasteiger partial charge in [0.2, 0.25) is 0 Å². The van der Waals surface area contributed by atoms with Crippen molar-refractivity contribution in [1.82, 2.24) is 28.5 Å². The Morgan fingerprint density at radius 1 is 1.00 bits per heavy atom. The molecule has 9 nitrogen and oxygen atoms in total. The lowest BCUT2D eigenvalue weighted by atomic mass is 10.2. The third kappa shape index (κ3) is 6.93. The van der Waals surface area contributed by atoms with E-state index in [0.29, 0.717) is 24.3 Å². The van der Waals surface area contributed by atoms with Crippen LogP contribution in [0, 0.1) is 12.8 Å². The predicted octanol–water partition coefficient (Wildman–Crippen LogP) is 2.02. The maximum atomic E-state index is 12.9. The van der Waals surface area contributed by atoms with Crippen LogP contribution in [0.2, 0.25) is 0 Å². The molecule has 0 radical (unpaired) electrons. The van der Waals surface area contributed by atoms with Crippen LogP contribution in [0.15, 0.2) is 45.1 Å². The number of aliphatic hydroxyl groups excluding tert-OH is 1. The lowest BCUT2D eigenvalue weighted by Crippen LogP contribution is -2.49. The van der Waals surface area contributed by atoms with Gasteiger partial charge in [0.1, 0.15) is 0 Å². The van der Waals surface area contributed by atoms with Crippen LogP contribution in [0.25, 0.3) is 11.2 Å². The number of hydrogen-bond donors (Lipinski definition) is 1. The van der Waals surface area contributed by atoms with Gasteiger partial charge >= 0.3 is 5.69 Å². The van der Waals surface area contributed by atoms with Crippen LogP contribution in [0.5, 0.6) is 0 Å². The minimum Gasteiger partial charge on any atom is -0.390 e. The molecule has 0 saturated carbocycles. The standard InChI is InChI=1S/C27H40N6O3S/c1-20(2)16-33-25-24(26(35)29(4)27(33)36)32(19-28-25)18-22(34)17-31-13-11-30(12-14-31)10-5-15-37-23-8-6-21(3)7-9-23/h6-9,19-20,22,34H,5,10-18H2,1-4H3. The van der Waals surface area contributed by atoms with Crippen molar-refractivity contribution < 1.29 is 5.11 Å². The number of aromatic nitrogens is 4. The summed E-state index contributed by atoms with van der Waals surface area (Å²) in [5.74, 6) is 1.35. The fourth-order valence-electron chi connectivity index (χ4n) is 4.86. The van der Waals surface area contributed by atoms with Crippen molar-refractivity contribution in [3.8, 4) is 0 Å². The Morgan fingerprint density at radius 2 is 1.68 bits per heavy atom. The molecule has 0 bridgehead atoms. The maximum absolute atomic E-state index is 12.9. The SMILES string of the molecule is Cc1ccc(SCCCN2CCN(CC(O)Cn3cnc4c3c(=O)n(C)c(=O)n4CC(C)C)CC2)cc1. The van der Waals surface area contributed by atoms with Crippen molar-refractivity contribution in [1.29, 1.82) is 0 Å². The van der Waals surface area contributed by atoms with Crippen molar-refractivity contribution in [2.75, 3.05) is 45.0 Å². The summed E-state index contributed by atoms with van der Waals surface area (Å²) >= 11 is 1.91. The van der Waals surface area contributed by atoms with Crippen molar-refractivity contribution >= 4 is 22.9 Å². The van der Waals surface area contributed by atoms with Gasteiger partial charge in [-0.05, 0) is 43.7 Å². The van der Waals surface area contributed by atoms with Crippen LogP contribution < -0.4 is 11.2 Å². The molecule has 1 saturated heterocycles. The molecule has 1 fully saturated rings. The molecule has 0 amide bonds. The molecule has 3 aromatic rings. The first-order valence-corrected chi connectivity index (χ1v) is 14.2. The number of hydrogen-bond acceptors (Lipinski definition) is 7. The minimum absolute atomic E-state index is 0.236. The number of fused-ring (bicyclic) bond motifs is 1. The van der Waals surface area contributed by atoms with Crippen molar-refractivity contribution in [2.45, 2.75) is 51.3 Å². The number of aryl methyl sites for hydroxylation is 1. The minimum atomic E-state index is -0.634. The maximum Gasteiger partial charge on any atom is 0.332 e. The van der Waals surface area contributed by atoms with E-state index in [-0.39, 0.29) is 23.7 Å². The van der Waals surface area contributed by atoms with Crippen LogP contribution in [0.1, 0.15) is 25.8 Å². The Labute approximate surface area is 222 Å². The largest absolute Gasteiger partial charge is 0.390 e. The summed E-state index contributed by atoms with van der Waals surface area (Å²) in [5.41, 5.74) is 1.32. The van der Waals surface area contributed by atoms with Crippen LogP contribution in [0.3, 0.4) is 0 Å². The number of β-amino-alcohol motifs (C(OH)–C–C–N with tert-alkyl or cyclic N) is 1. The number of nitrogens with zero attached hydrogens (tertiary/aromatic N) is 6. The predicted molar refractivity (Wildman–Crippen MR) is 149 cm³/mol. The second kappa shape index (κ2) is 12.4. The average molecular weight is 529 g/mol. The Bertz CT molecular complexity index is 1290. The monoisotopic (exact) mass is 528 g/mol. The summed E-state index contributed by atoms with van der Waals surface area (Å²) in [4.78, 5) is 36.0. The van der Waals surface area contributed by atoms with Crippen LogP contribution >= 0.6 is 11.8 Å². The Balaban J connectivity index is 1.26. The van der Waals surface area contributed by atoms with E-state index in [1.54, 1.807) is 15.5 Å². The van der Waals surface area contributed by atoms with Gasteiger partial charge in [-0.3, -0.25) is 18.8 Å². The molecule has 10 heteroatoms. The molecular formula is C27H40N6O3S. The van der Waals surface area contributed by atoms with Gasteiger partial charge in [0.05, 0.1) is 19.0 Å². The fraction of sp³-hybridized carbons (Fsp3) is 0.593. The normalized spacial score (nSPS) is 16.2. The highest BCUT2D eigenvalue weighted by atomic mass is 32.2. The highest BCUT2D eigenvalue weighted by Crippen LogP contribution is 2.19. The number of benzene rings is 1. The highest BCUT2D eigenvalue weighted by molar-refractivity contribution is 7.99. The average Bonchev–Trinajstić information content (AvgIpc) is 3.28. The molecule has 2 aromatic heterocycles. The van der Waals surface area contributed by atoms with Gasteiger partial charge in [-0.1, -0.05) is 31.5 Å². The fourth-order valence-corrected chi connectivity index (χ4v) is 5.70. The van der Waals surface area contributed by atoms with E-state index in [1.807, 2.05) is 25.6 Å². The van der Waals surface area contributed by atoms with Gasteiger partial charge in [0.25, 0.3) is 5.56 Å². The van der Waals surface area contributed by atoms with Gasteiger partial charge in [0.15, 0.2) is 11.2 Å². The molecule has 37 heavy (non-hydrogen) atoms. The van der Waals surface area contributed by atoms with Crippen molar-refractivity contribution in [3.63, 3.8) is 0 Å². The number of rotatable bonds is 11. The number of thioether (sulfide) groups is 1. The summed E-state index contributed by atoms with van der Waals surface area (Å²) in [6.07, 6.45) is 2.09. The summed E-state index contributed by atoms with van der Waals surface area (Å²) in [6, 6.07) is 8.71. The van der Waals surface area contributed by atoms with Crippen LogP contribution in [-0.2, 0) is 20.1 Å². The zero-order valence-corrected chi connectivity index (χ0v) is 23.3. The summed E-state index contributed by atoms with van der Waals surface area (Å²) in [7, 11) is 1.50. The Morgan fingerprint density at radius 3 is 2.35 bits per heavy atom. The molecule has 0 aliphatic carbocycles. The van der Waals surface area contributed by atoms with E-state index in [4.69, 9.17) is 0 Å². The van der Waals surface area contributed by atoms with Gasteiger partial charge in [-0.2, -0.15) is 0 Å². The van der Waals surface area contributed by atoms with E-state index in [2.05, 4.69) is 46.0 Å². The van der Waals surface area contributed by atoms with E-state index in [0.717, 1.165) is 49.5 Å². The van der Waals surface area contributed by atoms with Gasteiger partial charge < -0.3 is 14.6 Å². The Kier molecular flexibility index (Phi) is 9.28. The molecule has 1 aromatic carbocycles. The number of aliphatic hydroxyl groups is 1. The topological polar surface area (TPSA) is 88.5 Å². The molecule has 1 atom stereocenters. The molecule has 202 valence electrons. The first-order valence-electron chi connectivity index (χ1n) is 13.2. The molecule has 1 unspecified atom stereocenters. The molecule has 1 aliphatic rings. The Hall–Kier alpha value is -2.40. The zero-order valence-electron chi connectivity index (χ0n) is 22.5. The molecule has 4 rings (SSSR count). The summed E-state index contributed by atoms with van der Waals surface area (Å²) in [6.45, 7) is 12.4. The highest BCUT2D eigenvalue weighted by Gasteiger charge is 2.22. The summed E-state index contributed by atoms with van der Waals surface area (Å²) < 4.78 is 4.39. The first kappa shape index (κ1) is 27.6. The van der Waals surface area contributed by atoms with Gasteiger partial charge in [0, 0.05) is 51.2 Å². The van der Waals surface area contributed by atoms with Crippen molar-refractivity contribution in [2.24, 2.45) is 13.0 Å². The molecule has 1 aliphatic heterocycles. The van der Waals surface area contributed by atoms with Gasteiger partial charge in [-0.15, -0.1) is 11.8 Å². The second-order valence-corrected chi connectivity index (χ2v) is 11.7. The third-order valence-corrected chi connectivity index (χ3v) is 7.99. The van der Waals surface area contributed by atoms with Crippen LogP contribution in [-0.4, -0.2) is 84.7 Å². The second-order valence-electron chi connectivity index (χ2n) is 10.5. The molecule has 3 heterocycles. The molecule has 1 N–H and O–H groups in total. The van der Waals surface area contributed by atoms with Crippen LogP contribution in [0.4, 0.5) is 0 Å². The third-order valence-electron chi connectivity index (χ3n) is 6.90. The van der Waals surface area contributed by atoms with Gasteiger partial charge in [-0.25, -0.2) is 9.78 Å². The number of piperazine rings is 1. The van der Waals surface area contributed by atoms with Crippen molar-refractivity contribution in [3.05, 3.63) is 57.0 Å². The number of imidazole rings is 1. The zero-order chi connectivity index (χ0) is 26.5. The quantitative estimate of drug-likeness (QED) is 0.301. The lowest BCUT2D eigenvalue weighted by molar-refractivity contribution is 0.0650. The summed E-state index contributed by atoms with van der Waals surface area (Å²) in [5, 5.41) is 10.8. The molecule has 0 spiro atoms. The lowest BCUT2D eigenvalue weighted by Gasteiger charge is -2.35.